The van der Waals surface area contributed by atoms with E-state index in [0.29, 0.717) is 25.9 Å². The molecule has 2 N–H and O–H groups in total. The van der Waals surface area contributed by atoms with E-state index >= 15 is 0 Å². The van der Waals surface area contributed by atoms with Crippen LogP contribution in [0.15, 0.2) is 79.9 Å². The summed E-state index contributed by atoms with van der Waals surface area (Å²) < 4.78 is 0. The number of rotatable bonds is 11. The van der Waals surface area contributed by atoms with E-state index in [1.807, 2.05) is 54.6 Å². The Morgan fingerprint density at radius 1 is 0.893 bits per heavy atom. The molecule has 2 rings (SSSR count). The van der Waals surface area contributed by atoms with Gasteiger partial charge in [-0.3, -0.25) is 9.59 Å². The van der Waals surface area contributed by atoms with Gasteiger partial charge in [0.1, 0.15) is 0 Å². The summed E-state index contributed by atoms with van der Waals surface area (Å²) in [6.07, 6.45) is 4.52. The van der Waals surface area contributed by atoms with E-state index in [1.54, 1.807) is 17.1 Å². The molecule has 0 unspecified atom stereocenters. The van der Waals surface area contributed by atoms with Crippen LogP contribution in [-0.4, -0.2) is 36.3 Å². The van der Waals surface area contributed by atoms with Gasteiger partial charge in [0.15, 0.2) is 0 Å². The maximum Gasteiger partial charge on any atom is 0.242 e. The van der Waals surface area contributed by atoms with Crippen molar-refractivity contribution >= 4 is 23.2 Å². The van der Waals surface area contributed by atoms with Gasteiger partial charge >= 0.3 is 0 Å². The van der Waals surface area contributed by atoms with Crippen molar-refractivity contribution in [1.82, 2.24) is 4.90 Å². The third kappa shape index (κ3) is 7.11. The number of hydrogen-bond acceptors (Lipinski definition) is 3. The van der Waals surface area contributed by atoms with Crippen LogP contribution in [0.25, 0.3) is 0 Å². The molecule has 0 bridgehead atoms. The molecule has 2 aromatic rings. The van der Waals surface area contributed by atoms with Gasteiger partial charge in [0.2, 0.25) is 11.8 Å². The minimum atomic E-state index is -0.0295. The number of nitrogens with one attached hydrogen (secondary N) is 2. The molecule has 0 aliphatic rings. The molecule has 0 saturated heterocycles. The Labute approximate surface area is 166 Å². The second kappa shape index (κ2) is 11.4. The first-order chi connectivity index (χ1) is 13.6. The zero-order valence-electron chi connectivity index (χ0n) is 16.1. The summed E-state index contributed by atoms with van der Waals surface area (Å²) in [6.45, 7) is 8.49. The molecule has 0 aliphatic heterocycles. The molecular weight excluding hydrogens is 350 g/mol. The molecule has 2 amide bonds. The summed E-state index contributed by atoms with van der Waals surface area (Å²) >= 11 is 0. The summed E-state index contributed by atoms with van der Waals surface area (Å²) in [4.78, 5) is 26.0. The third-order valence-electron chi connectivity index (χ3n) is 4.15. The fourth-order valence-corrected chi connectivity index (χ4v) is 2.68. The molecule has 0 atom stereocenters. The Balaban J connectivity index is 1.79. The second-order valence-electron chi connectivity index (χ2n) is 6.34. The molecule has 0 aliphatic carbocycles. The Kier molecular flexibility index (Phi) is 8.53. The number of hydrogen-bond donors (Lipinski definition) is 2. The minimum absolute atomic E-state index is 0.0239. The van der Waals surface area contributed by atoms with Crippen LogP contribution in [0.1, 0.15) is 12.0 Å². The van der Waals surface area contributed by atoms with Gasteiger partial charge in [-0.05, 0) is 36.2 Å². The van der Waals surface area contributed by atoms with Crippen molar-refractivity contribution in [3.8, 4) is 0 Å². The normalized spacial score (nSPS) is 10.0. The topological polar surface area (TPSA) is 61.4 Å². The zero-order valence-corrected chi connectivity index (χ0v) is 16.1. The molecule has 28 heavy (non-hydrogen) atoms. The number of carbonyl (C=O) groups is 2. The molecule has 0 heterocycles. The van der Waals surface area contributed by atoms with Crippen LogP contribution >= 0.6 is 0 Å². The Bertz CT molecular complexity index is 775. The molecule has 5 nitrogen and oxygen atoms in total. The van der Waals surface area contributed by atoms with E-state index in [4.69, 9.17) is 0 Å². The van der Waals surface area contributed by atoms with Gasteiger partial charge in [-0.15, -0.1) is 13.2 Å². The Morgan fingerprint density at radius 2 is 1.50 bits per heavy atom. The number of anilines is 2. The van der Waals surface area contributed by atoms with Crippen molar-refractivity contribution in [2.75, 3.05) is 30.3 Å². The highest BCUT2D eigenvalue weighted by Crippen LogP contribution is 2.14. The van der Waals surface area contributed by atoms with Crippen molar-refractivity contribution in [2.24, 2.45) is 0 Å². The first-order valence-corrected chi connectivity index (χ1v) is 9.29. The monoisotopic (exact) mass is 377 g/mol. The van der Waals surface area contributed by atoms with Crippen molar-refractivity contribution in [1.29, 1.82) is 0 Å². The summed E-state index contributed by atoms with van der Waals surface area (Å²) in [5.41, 5.74) is 2.69. The van der Waals surface area contributed by atoms with Gasteiger partial charge in [-0.25, -0.2) is 0 Å². The fraction of sp³-hybridized carbons (Fsp3) is 0.217. The van der Waals surface area contributed by atoms with Gasteiger partial charge < -0.3 is 15.5 Å². The quantitative estimate of drug-likeness (QED) is 0.585. The van der Waals surface area contributed by atoms with E-state index in [1.165, 1.54) is 0 Å². The predicted molar refractivity (Wildman–Crippen MR) is 115 cm³/mol. The molecule has 2 aromatic carbocycles. The van der Waals surface area contributed by atoms with Crippen LogP contribution in [0.4, 0.5) is 11.4 Å². The largest absolute Gasteiger partial charge is 0.376 e. The van der Waals surface area contributed by atoms with Gasteiger partial charge in [0.05, 0.1) is 6.54 Å². The van der Waals surface area contributed by atoms with Crippen molar-refractivity contribution in [2.45, 2.75) is 12.8 Å². The first-order valence-electron chi connectivity index (χ1n) is 9.29. The van der Waals surface area contributed by atoms with E-state index in [2.05, 4.69) is 23.8 Å². The summed E-state index contributed by atoms with van der Waals surface area (Å²) in [6, 6.07) is 17.2. The molecule has 0 radical (unpaired) electrons. The molecule has 0 spiro atoms. The second-order valence-corrected chi connectivity index (χ2v) is 6.34. The SMILES string of the molecule is C=CCN(CC=C)C(=O)CNc1ccc(NC(=O)CCc2ccccc2)cc1. The van der Waals surface area contributed by atoms with Gasteiger partial charge in [-0.2, -0.15) is 0 Å². The number of nitrogens with zero attached hydrogens (tertiary/aromatic N) is 1. The highest BCUT2D eigenvalue weighted by Gasteiger charge is 2.10. The predicted octanol–water partition coefficient (Wildman–Crippen LogP) is 3.87. The van der Waals surface area contributed by atoms with Crippen LogP contribution in [0.3, 0.4) is 0 Å². The summed E-state index contributed by atoms with van der Waals surface area (Å²) in [5.74, 6) is -0.0534. The van der Waals surface area contributed by atoms with Gasteiger partial charge in [0, 0.05) is 30.9 Å². The summed E-state index contributed by atoms with van der Waals surface area (Å²) in [5, 5.41) is 5.99. The van der Waals surface area contributed by atoms with Gasteiger partial charge in [0.25, 0.3) is 0 Å². The maximum atomic E-state index is 12.2. The van der Waals surface area contributed by atoms with E-state index in [-0.39, 0.29) is 18.4 Å². The third-order valence-corrected chi connectivity index (χ3v) is 4.15. The average molecular weight is 377 g/mol. The maximum absolute atomic E-state index is 12.2. The Hall–Kier alpha value is -3.34. The van der Waals surface area contributed by atoms with Crippen LogP contribution in [-0.2, 0) is 16.0 Å². The number of carbonyl (C=O) groups excluding carboxylic acids is 2. The highest BCUT2D eigenvalue weighted by molar-refractivity contribution is 5.91. The van der Waals surface area contributed by atoms with E-state index < -0.39 is 0 Å². The van der Waals surface area contributed by atoms with Crippen molar-refractivity contribution < 1.29 is 9.59 Å². The lowest BCUT2D eigenvalue weighted by atomic mass is 10.1. The van der Waals surface area contributed by atoms with Crippen LogP contribution in [0.5, 0.6) is 0 Å². The number of aryl methyl sites for hydroxylation is 1. The molecular formula is C23H27N3O2. The number of amides is 2. The molecule has 5 heteroatoms. The summed E-state index contributed by atoms with van der Waals surface area (Å²) in [7, 11) is 0. The highest BCUT2D eigenvalue weighted by atomic mass is 16.2. The standard InChI is InChI=1S/C23H27N3O2/c1-3-16-26(17-4-2)23(28)18-24-20-11-13-21(14-12-20)25-22(27)15-10-19-8-6-5-7-9-19/h3-9,11-14,24H,1-2,10,15-18H2,(H,25,27). The first kappa shape index (κ1) is 21.0. The zero-order chi connectivity index (χ0) is 20.2. The molecule has 0 aromatic heterocycles. The lowest BCUT2D eigenvalue weighted by Gasteiger charge is -2.19. The van der Waals surface area contributed by atoms with Gasteiger partial charge in [-0.1, -0.05) is 42.5 Å². The average Bonchev–Trinajstić information content (AvgIpc) is 2.72. The van der Waals surface area contributed by atoms with Crippen LogP contribution in [0.2, 0.25) is 0 Å². The van der Waals surface area contributed by atoms with Crippen molar-refractivity contribution in [3.05, 3.63) is 85.5 Å². The lowest BCUT2D eigenvalue weighted by Crippen LogP contribution is -2.35. The number of benzene rings is 2. The van der Waals surface area contributed by atoms with Crippen LogP contribution < -0.4 is 10.6 Å². The van der Waals surface area contributed by atoms with E-state index in [9.17, 15) is 9.59 Å². The molecule has 0 fully saturated rings. The smallest absolute Gasteiger partial charge is 0.242 e. The molecule has 146 valence electrons. The van der Waals surface area contributed by atoms with E-state index in [0.717, 1.165) is 16.9 Å². The fourth-order valence-electron chi connectivity index (χ4n) is 2.68. The molecule has 0 saturated carbocycles. The van der Waals surface area contributed by atoms with Crippen molar-refractivity contribution in [3.63, 3.8) is 0 Å². The minimum Gasteiger partial charge on any atom is -0.376 e. The van der Waals surface area contributed by atoms with Crippen LogP contribution in [0, 0.1) is 0 Å². The lowest BCUT2D eigenvalue weighted by molar-refractivity contribution is -0.128. The Morgan fingerprint density at radius 3 is 2.11 bits per heavy atom.